The first-order valence-electron chi connectivity index (χ1n) is 5.98. The molecule has 0 saturated carbocycles. The van der Waals surface area contributed by atoms with Crippen LogP contribution in [0.4, 0.5) is 5.69 Å². The highest BCUT2D eigenvalue weighted by Gasteiger charge is 2.24. The molecule has 1 aromatic heterocycles. The van der Waals surface area contributed by atoms with E-state index in [2.05, 4.69) is 10.3 Å². The Bertz CT molecular complexity index is 631. The molecule has 0 aliphatic carbocycles. The van der Waals surface area contributed by atoms with Crippen molar-refractivity contribution >= 4 is 17.3 Å². The van der Waals surface area contributed by atoms with Crippen molar-refractivity contribution in [2.45, 2.75) is 13.0 Å². The molecular formula is C14H13ClN2O2. The van der Waals surface area contributed by atoms with Crippen LogP contribution in [0.25, 0.3) is 0 Å². The van der Waals surface area contributed by atoms with E-state index in [1.807, 2.05) is 19.1 Å². The van der Waals surface area contributed by atoms with Gasteiger partial charge in [-0.25, -0.2) is 4.98 Å². The minimum Gasteiger partial charge on any atom is -0.508 e. The van der Waals surface area contributed by atoms with E-state index in [1.165, 1.54) is 0 Å². The number of ether oxygens (including phenoxy) is 1. The first kappa shape index (κ1) is 12.1. The molecule has 1 aliphatic rings. The highest BCUT2D eigenvalue weighted by molar-refractivity contribution is 6.30. The number of anilines is 1. The van der Waals surface area contributed by atoms with Gasteiger partial charge < -0.3 is 15.2 Å². The Kier molecular flexibility index (Phi) is 2.95. The van der Waals surface area contributed by atoms with E-state index < -0.39 is 0 Å². The minimum atomic E-state index is 0.0537. The number of benzene rings is 1. The summed E-state index contributed by atoms with van der Waals surface area (Å²) >= 11 is 5.90. The molecule has 98 valence electrons. The molecule has 0 spiro atoms. The number of aryl methyl sites for hydroxylation is 1. The molecule has 0 amide bonds. The first-order chi connectivity index (χ1) is 9.13. The molecule has 5 heteroatoms. The zero-order valence-corrected chi connectivity index (χ0v) is 11.1. The molecule has 0 radical (unpaired) electrons. The van der Waals surface area contributed by atoms with E-state index in [-0.39, 0.29) is 11.8 Å². The summed E-state index contributed by atoms with van der Waals surface area (Å²) in [5, 5.41) is 13.3. The number of aromatic hydroxyl groups is 1. The number of hydrogen-bond donors (Lipinski definition) is 2. The monoisotopic (exact) mass is 276 g/mol. The maximum atomic E-state index is 9.41. The quantitative estimate of drug-likeness (QED) is 0.827. The summed E-state index contributed by atoms with van der Waals surface area (Å²) in [7, 11) is 0. The molecular weight excluding hydrogens is 264 g/mol. The second-order valence-electron chi connectivity index (χ2n) is 4.56. The normalized spacial score (nSPS) is 16.8. The maximum Gasteiger partial charge on any atom is 0.132 e. The predicted octanol–water partition coefficient (Wildman–Crippen LogP) is 3.29. The summed E-state index contributed by atoms with van der Waals surface area (Å²) in [5.41, 5.74) is 2.86. The minimum absolute atomic E-state index is 0.0537. The van der Waals surface area contributed by atoms with Gasteiger partial charge in [0.25, 0.3) is 0 Å². The summed E-state index contributed by atoms with van der Waals surface area (Å²) in [4.78, 5) is 4.11. The SMILES string of the molecule is Cc1cc(NC2COc3cc(O)ccc32)cnc1Cl. The lowest BCUT2D eigenvalue weighted by molar-refractivity contribution is 0.338. The lowest BCUT2D eigenvalue weighted by Gasteiger charge is -2.13. The number of pyridine rings is 1. The van der Waals surface area contributed by atoms with Crippen LogP contribution in [0.2, 0.25) is 5.15 Å². The summed E-state index contributed by atoms with van der Waals surface area (Å²) < 4.78 is 5.55. The second kappa shape index (κ2) is 4.63. The number of rotatable bonds is 2. The fraction of sp³-hybridized carbons (Fsp3) is 0.214. The molecule has 1 atom stereocenters. The number of aromatic nitrogens is 1. The van der Waals surface area contributed by atoms with Crippen LogP contribution in [0.15, 0.2) is 30.5 Å². The van der Waals surface area contributed by atoms with E-state index in [1.54, 1.807) is 18.3 Å². The number of hydrogen-bond acceptors (Lipinski definition) is 4. The predicted molar refractivity (Wildman–Crippen MR) is 73.9 cm³/mol. The molecule has 19 heavy (non-hydrogen) atoms. The van der Waals surface area contributed by atoms with E-state index in [9.17, 15) is 5.11 Å². The van der Waals surface area contributed by atoms with Crippen LogP contribution in [0, 0.1) is 6.92 Å². The number of halogens is 1. The Hall–Kier alpha value is -1.94. The van der Waals surface area contributed by atoms with Crippen LogP contribution in [0.3, 0.4) is 0 Å². The Labute approximate surface area is 116 Å². The van der Waals surface area contributed by atoms with E-state index in [4.69, 9.17) is 16.3 Å². The summed E-state index contributed by atoms with van der Waals surface area (Å²) in [6, 6.07) is 7.16. The van der Waals surface area contributed by atoms with Crippen LogP contribution in [0.5, 0.6) is 11.5 Å². The summed E-state index contributed by atoms with van der Waals surface area (Å²) in [5.74, 6) is 0.930. The van der Waals surface area contributed by atoms with Crippen molar-refractivity contribution < 1.29 is 9.84 Å². The molecule has 0 fully saturated rings. The molecule has 4 nitrogen and oxygen atoms in total. The Morgan fingerprint density at radius 2 is 2.26 bits per heavy atom. The Morgan fingerprint density at radius 1 is 1.42 bits per heavy atom. The van der Waals surface area contributed by atoms with Gasteiger partial charge in [0.15, 0.2) is 0 Å². The Balaban J connectivity index is 1.84. The van der Waals surface area contributed by atoms with Gasteiger partial charge in [0, 0.05) is 11.6 Å². The van der Waals surface area contributed by atoms with Crippen molar-refractivity contribution in [2.24, 2.45) is 0 Å². The zero-order chi connectivity index (χ0) is 13.4. The largest absolute Gasteiger partial charge is 0.508 e. The van der Waals surface area contributed by atoms with Crippen molar-refractivity contribution in [2.75, 3.05) is 11.9 Å². The topological polar surface area (TPSA) is 54.4 Å². The third-order valence-electron chi connectivity index (χ3n) is 3.13. The average molecular weight is 277 g/mol. The highest BCUT2D eigenvalue weighted by Crippen LogP contribution is 2.36. The number of nitrogens with one attached hydrogen (secondary N) is 1. The molecule has 1 aromatic carbocycles. The lowest BCUT2D eigenvalue weighted by Crippen LogP contribution is -2.12. The van der Waals surface area contributed by atoms with E-state index in [0.29, 0.717) is 11.8 Å². The van der Waals surface area contributed by atoms with Gasteiger partial charge in [-0.15, -0.1) is 0 Å². The molecule has 0 saturated heterocycles. The van der Waals surface area contributed by atoms with Crippen molar-refractivity contribution in [1.29, 1.82) is 0 Å². The fourth-order valence-electron chi connectivity index (χ4n) is 2.16. The van der Waals surface area contributed by atoms with Gasteiger partial charge in [-0.1, -0.05) is 11.6 Å². The van der Waals surface area contributed by atoms with Crippen molar-refractivity contribution in [3.8, 4) is 11.5 Å². The van der Waals surface area contributed by atoms with Gasteiger partial charge in [-0.05, 0) is 30.7 Å². The number of nitrogens with zero attached hydrogens (tertiary/aromatic N) is 1. The molecule has 1 unspecified atom stereocenters. The standard InChI is InChI=1S/C14H13ClN2O2/c1-8-4-9(6-16-14(8)15)17-12-7-19-13-5-10(18)2-3-11(12)13/h2-6,12,17-18H,7H2,1H3. The molecule has 0 bridgehead atoms. The summed E-state index contributed by atoms with van der Waals surface area (Å²) in [6.07, 6.45) is 1.70. The number of phenols is 1. The van der Waals surface area contributed by atoms with Crippen LogP contribution < -0.4 is 10.1 Å². The van der Waals surface area contributed by atoms with Gasteiger partial charge in [0.2, 0.25) is 0 Å². The summed E-state index contributed by atoms with van der Waals surface area (Å²) in [6.45, 7) is 2.44. The zero-order valence-electron chi connectivity index (χ0n) is 10.4. The van der Waals surface area contributed by atoms with E-state index >= 15 is 0 Å². The van der Waals surface area contributed by atoms with Crippen LogP contribution >= 0.6 is 11.6 Å². The lowest BCUT2D eigenvalue weighted by atomic mass is 10.1. The van der Waals surface area contributed by atoms with Gasteiger partial charge in [-0.3, -0.25) is 0 Å². The second-order valence-corrected chi connectivity index (χ2v) is 4.92. The van der Waals surface area contributed by atoms with Crippen LogP contribution in [-0.2, 0) is 0 Å². The van der Waals surface area contributed by atoms with Gasteiger partial charge in [-0.2, -0.15) is 0 Å². The smallest absolute Gasteiger partial charge is 0.132 e. The van der Waals surface area contributed by atoms with Crippen molar-refractivity contribution in [3.05, 3.63) is 46.7 Å². The molecule has 2 aromatic rings. The van der Waals surface area contributed by atoms with Crippen LogP contribution in [0.1, 0.15) is 17.2 Å². The highest BCUT2D eigenvalue weighted by atomic mass is 35.5. The van der Waals surface area contributed by atoms with Gasteiger partial charge in [0.05, 0.1) is 17.9 Å². The van der Waals surface area contributed by atoms with Gasteiger partial charge in [0.1, 0.15) is 23.3 Å². The van der Waals surface area contributed by atoms with Crippen molar-refractivity contribution in [1.82, 2.24) is 4.98 Å². The molecule has 2 heterocycles. The van der Waals surface area contributed by atoms with Crippen LogP contribution in [-0.4, -0.2) is 16.7 Å². The van der Waals surface area contributed by atoms with E-state index in [0.717, 1.165) is 22.6 Å². The maximum absolute atomic E-state index is 9.41. The molecule has 2 N–H and O–H groups in total. The third kappa shape index (κ3) is 2.31. The first-order valence-corrected chi connectivity index (χ1v) is 6.35. The van der Waals surface area contributed by atoms with Crippen molar-refractivity contribution in [3.63, 3.8) is 0 Å². The number of phenolic OH excluding ortho intramolecular Hbond substituents is 1. The third-order valence-corrected chi connectivity index (χ3v) is 3.53. The molecule has 1 aliphatic heterocycles. The fourth-order valence-corrected chi connectivity index (χ4v) is 2.26. The van der Waals surface area contributed by atoms with Gasteiger partial charge >= 0.3 is 0 Å². The molecule has 3 rings (SSSR count). The average Bonchev–Trinajstić information content (AvgIpc) is 2.76. The number of fused-ring (bicyclic) bond motifs is 1. The Morgan fingerprint density at radius 3 is 3.05 bits per heavy atom.